The zero-order valence-corrected chi connectivity index (χ0v) is 42.4. The summed E-state index contributed by atoms with van der Waals surface area (Å²) in [6, 6.07) is 9.21. The second kappa shape index (κ2) is 27.3. The van der Waals surface area contributed by atoms with Crippen LogP contribution in [0, 0.1) is 23.7 Å². The lowest BCUT2D eigenvalue weighted by atomic mass is 9.79. The number of hydrogen-bond acceptors (Lipinski definition) is 19. The van der Waals surface area contributed by atoms with E-state index in [1.165, 1.54) is 14.2 Å². The molecular formula is C49H75N5O14S. The van der Waals surface area contributed by atoms with Crippen LogP contribution in [0.2, 0.25) is 0 Å². The van der Waals surface area contributed by atoms with Crippen molar-refractivity contribution in [2.24, 2.45) is 28.8 Å². The molecule has 19 nitrogen and oxygen atoms in total. The number of allylic oxidation sites excluding steroid dienone is 3. The van der Waals surface area contributed by atoms with Crippen molar-refractivity contribution >= 4 is 29.7 Å². The lowest BCUT2D eigenvalue weighted by Gasteiger charge is -2.46. The number of aromatic nitrogens is 3. The highest BCUT2D eigenvalue weighted by atomic mass is 32.2. The van der Waals surface area contributed by atoms with Gasteiger partial charge in [-0.25, -0.2) is 4.68 Å². The maximum absolute atomic E-state index is 13.9. The first-order chi connectivity index (χ1) is 33.0. The van der Waals surface area contributed by atoms with Crippen LogP contribution < -0.4 is 0 Å². The van der Waals surface area contributed by atoms with Crippen molar-refractivity contribution in [3.63, 3.8) is 0 Å². The first-order valence-corrected chi connectivity index (χ1v) is 24.8. The largest absolute Gasteiger partial charge is 0.462 e. The first-order valence-electron chi connectivity index (χ1n) is 23.8. The fraction of sp³-hybridized carbons (Fsp3) is 0.694. The van der Waals surface area contributed by atoms with E-state index in [1.54, 1.807) is 62.4 Å². The predicted octanol–water partition coefficient (Wildman–Crippen LogP) is 3.91. The Labute approximate surface area is 410 Å². The number of aliphatic hydroxyl groups is 4. The highest BCUT2D eigenvalue weighted by Gasteiger charge is 2.48. The summed E-state index contributed by atoms with van der Waals surface area (Å²) in [5.74, 6) is -2.45. The van der Waals surface area contributed by atoms with E-state index in [0.717, 1.165) is 16.8 Å². The summed E-state index contributed by atoms with van der Waals surface area (Å²) in [5.41, 5.74) is 1.85. The number of thioether (sulfide) groups is 1. The van der Waals surface area contributed by atoms with E-state index in [4.69, 9.17) is 38.0 Å². The van der Waals surface area contributed by atoms with Crippen molar-refractivity contribution in [2.75, 3.05) is 34.9 Å². The number of ether oxygens (including phenoxy) is 7. The quantitative estimate of drug-likeness (QED) is 0.0761. The molecule has 2 fully saturated rings. The highest BCUT2D eigenvalue weighted by molar-refractivity contribution is 7.98. The average Bonchev–Trinajstić information content (AvgIpc) is 3.78. The Morgan fingerprint density at radius 1 is 0.942 bits per heavy atom. The summed E-state index contributed by atoms with van der Waals surface area (Å²) in [4.78, 5) is 35.1. The number of hydrogen-bond donors (Lipinski definition) is 4. The van der Waals surface area contributed by atoms with Crippen LogP contribution in [-0.2, 0) is 60.1 Å². The van der Waals surface area contributed by atoms with Crippen LogP contribution in [0.15, 0.2) is 70.4 Å². The van der Waals surface area contributed by atoms with Gasteiger partial charge in [0, 0.05) is 43.3 Å². The van der Waals surface area contributed by atoms with Crippen LogP contribution in [0.5, 0.6) is 0 Å². The Morgan fingerprint density at radius 3 is 2.30 bits per heavy atom. The van der Waals surface area contributed by atoms with Gasteiger partial charge in [-0.2, -0.15) is 0 Å². The molecular weight excluding hydrogens is 915 g/mol. The summed E-state index contributed by atoms with van der Waals surface area (Å²) >= 11 is 1.61. The summed E-state index contributed by atoms with van der Waals surface area (Å²) in [6.07, 6.45) is -2.94. The van der Waals surface area contributed by atoms with E-state index in [1.807, 2.05) is 69.3 Å². The van der Waals surface area contributed by atoms with Gasteiger partial charge in [-0.1, -0.05) is 67.1 Å². The van der Waals surface area contributed by atoms with Crippen molar-refractivity contribution < 1.29 is 68.0 Å². The van der Waals surface area contributed by atoms with Crippen molar-refractivity contribution in [3.8, 4) is 0 Å². The zero-order valence-electron chi connectivity index (χ0n) is 41.6. The molecule has 0 bridgehead atoms. The van der Waals surface area contributed by atoms with Gasteiger partial charge < -0.3 is 68.1 Å². The third-order valence-electron chi connectivity index (χ3n) is 13.2. The van der Waals surface area contributed by atoms with Crippen molar-refractivity contribution in [1.82, 2.24) is 19.9 Å². The van der Waals surface area contributed by atoms with Gasteiger partial charge in [-0.15, -0.1) is 16.9 Å². The number of carbonyl (C=O) groups is 2. The molecule has 4 N–H and O–H groups in total. The van der Waals surface area contributed by atoms with Crippen LogP contribution in [0.4, 0.5) is 0 Å². The van der Waals surface area contributed by atoms with Gasteiger partial charge in [-0.05, 0) is 71.8 Å². The van der Waals surface area contributed by atoms with Gasteiger partial charge >= 0.3 is 5.97 Å². The van der Waals surface area contributed by atoms with Gasteiger partial charge in [0.2, 0.25) is 0 Å². The number of cyclic esters (lactones) is 1. The molecule has 386 valence electrons. The molecule has 2 aromatic rings. The van der Waals surface area contributed by atoms with Crippen LogP contribution in [0.1, 0.15) is 72.9 Å². The molecule has 3 aliphatic heterocycles. The highest BCUT2D eigenvalue weighted by Crippen LogP contribution is 2.35. The summed E-state index contributed by atoms with van der Waals surface area (Å²) in [7, 11) is 6.43. The molecule has 1 aromatic heterocycles. The standard InChI is InChI=1S/C49H75N5O14S/c1-11-39-34(25-63-49-47(62-10)46(61-9)43(59)32(6)66-49)21-28(2)17-18-37(51-64-26-35-24-54(52-50-35)27-69-36-15-13-12-14-16-36)29(3)22-33(19-20-55)45(30(4)38(56)23-40(57)67-39)68-48-44(60)41(53(7)8)42(58)31(5)65-48/h12-18,20-21,24,29-34,38-39,41-49,56,58-60H,11,19,22-23,25-27H2,1-10H3/b18-17+,28-21+,51-37-/t29-,30+,31-,32-,33+,34-,38-,39-,41+,42-,43-,44-,45-,46-,47-,48+,49-/m1/s1. The Kier molecular flexibility index (Phi) is 22.2. The Hall–Kier alpha value is -3.64. The smallest absolute Gasteiger partial charge is 0.308 e. The van der Waals surface area contributed by atoms with Crippen LogP contribution in [0.25, 0.3) is 0 Å². The average molecular weight is 990 g/mol. The third kappa shape index (κ3) is 15.4. The van der Waals surface area contributed by atoms with E-state index in [-0.39, 0.29) is 32.0 Å². The Bertz CT molecular complexity index is 1970. The monoisotopic (exact) mass is 990 g/mol. The number of aliphatic hydroxyl groups excluding tert-OH is 4. The summed E-state index contributed by atoms with van der Waals surface area (Å²) in [6.45, 7) is 10.9. The minimum Gasteiger partial charge on any atom is -0.462 e. The van der Waals surface area contributed by atoms with Gasteiger partial charge in [-0.3, -0.25) is 4.79 Å². The molecule has 5 rings (SSSR count). The second-order valence-electron chi connectivity index (χ2n) is 18.6. The summed E-state index contributed by atoms with van der Waals surface area (Å²) in [5, 5.41) is 58.4. The number of carbonyl (C=O) groups excluding carboxylic acids is 2. The van der Waals surface area contributed by atoms with Gasteiger partial charge in [0.05, 0.1) is 67.4 Å². The van der Waals surface area contributed by atoms with Gasteiger partial charge in [0.15, 0.2) is 19.2 Å². The topological polar surface area (TPSA) is 235 Å². The molecule has 0 unspecified atom stereocenters. The lowest BCUT2D eigenvalue weighted by molar-refractivity contribution is -0.304. The minimum absolute atomic E-state index is 0.00735. The Balaban J connectivity index is 1.49. The number of likely N-dealkylation sites (N-methyl/N-ethyl adjacent to an activating group) is 1. The van der Waals surface area contributed by atoms with Gasteiger partial charge in [0.1, 0.15) is 42.5 Å². The molecule has 2 saturated heterocycles. The number of aldehydes is 1. The molecule has 4 heterocycles. The van der Waals surface area contributed by atoms with Crippen LogP contribution in [0.3, 0.4) is 0 Å². The minimum atomic E-state index is -1.33. The molecule has 0 radical (unpaired) electrons. The van der Waals surface area contributed by atoms with E-state index < -0.39 is 110 Å². The molecule has 20 heteroatoms. The fourth-order valence-corrected chi connectivity index (χ4v) is 9.94. The molecule has 3 aliphatic rings. The second-order valence-corrected chi connectivity index (χ2v) is 19.6. The van der Waals surface area contributed by atoms with E-state index in [9.17, 15) is 30.0 Å². The lowest BCUT2D eigenvalue weighted by Crippen LogP contribution is -2.63. The number of benzene rings is 1. The summed E-state index contributed by atoms with van der Waals surface area (Å²) < 4.78 is 44.3. The molecule has 17 atom stereocenters. The molecule has 69 heavy (non-hydrogen) atoms. The van der Waals surface area contributed by atoms with E-state index in [0.29, 0.717) is 23.7 Å². The molecule has 0 aliphatic carbocycles. The predicted molar refractivity (Wildman–Crippen MR) is 255 cm³/mol. The van der Waals surface area contributed by atoms with Crippen LogP contribution >= 0.6 is 11.8 Å². The van der Waals surface area contributed by atoms with E-state index >= 15 is 0 Å². The molecule has 1 aromatic carbocycles. The Morgan fingerprint density at radius 2 is 1.64 bits per heavy atom. The third-order valence-corrected chi connectivity index (χ3v) is 14.2. The maximum atomic E-state index is 13.9. The molecule has 0 saturated carbocycles. The fourth-order valence-electron chi connectivity index (χ4n) is 9.19. The van der Waals surface area contributed by atoms with Gasteiger partial charge in [0.25, 0.3) is 0 Å². The number of methoxy groups -OCH3 is 2. The molecule has 0 spiro atoms. The van der Waals surface area contributed by atoms with E-state index in [2.05, 4.69) is 15.5 Å². The normalized spacial score (nSPS) is 37.2. The zero-order chi connectivity index (χ0) is 50.4. The number of esters is 1. The van der Waals surface area contributed by atoms with Crippen molar-refractivity contribution in [3.05, 3.63) is 66.0 Å². The van der Waals surface area contributed by atoms with Crippen molar-refractivity contribution in [2.45, 2.75) is 164 Å². The maximum Gasteiger partial charge on any atom is 0.308 e. The van der Waals surface area contributed by atoms with Crippen LogP contribution in [-0.4, -0.2) is 173 Å². The number of nitrogens with zero attached hydrogens (tertiary/aromatic N) is 5. The number of oxime groups is 1. The molecule has 0 amide bonds. The van der Waals surface area contributed by atoms with Crippen molar-refractivity contribution in [1.29, 1.82) is 0 Å². The number of rotatable bonds is 17. The first kappa shape index (κ1) is 56.3. The SMILES string of the molecule is CC[C@H]1OC(=O)C[C@@H](O)[C@H](C)[C@@H](O[C@@H]2O[C@H](C)[C@@H](O)[C@H](N(C)C)[C@H]2O)[C@@H](CC=O)C[C@@H](C)C(=N\OCc2cn(CSc3ccccc3)nn2)/C=C/C(C)=C/[C@@H]1CO[C@@H]1O[C@H](C)[C@@H](O)[C@@H](OC)[C@H]1OC.